The Bertz CT molecular complexity index is 37.8. The zero-order valence-corrected chi connectivity index (χ0v) is 12.4. The highest BCUT2D eigenvalue weighted by molar-refractivity contribution is 14.3. The van der Waals surface area contributed by atoms with Crippen molar-refractivity contribution in [2.45, 2.75) is 19.6 Å². The third-order valence-electron chi connectivity index (χ3n) is 0. The van der Waals surface area contributed by atoms with Gasteiger partial charge >= 0.3 is 12.6 Å². The zero-order chi connectivity index (χ0) is 7.21. The Morgan fingerprint density at radius 2 is 1.25 bits per heavy atom. The van der Waals surface area contributed by atoms with Crippen LogP contribution in [0.4, 0.5) is 0 Å². The average molecular weight is 365 g/mol. The van der Waals surface area contributed by atoms with E-state index in [2.05, 4.69) is 63.9 Å². The molecule has 0 spiro atoms. The van der Waals surface area contributed by atoms with Gasteiger partial charge in [0, 0.05) is 8.07 Å². The second-order valence-corrected chi connectivity index (χ2v) is 21.3. The minimum Gasteiger partial charge on any atom is -0.276 e. The standard InChI is InChI=1S/C4H11Si.2HI.Mg/c1-5(2,3)4;;;/h1H2,2-4H3;2*1H;/q;;;+2/p-2. The largest absolute Gasteiger partial charge is 0.552 e. The molecule has 0 fully saturated rings. The Labute approximate surface area is 83.1 Å². The highest BCUT2D eigenvalue weighted by atomic mass is 127. The predicted octanol–water partition coefficient (Wildman–Crippen LogP) is 3.09. The van der Waals surface area contributed by atoms with E-state index in [9.17, 15) is 0 Å². The molecule has 0 saturated carbocycles. The van der Waals surface area contributed by atoms with Crippen LogP contribution in [0.3, 0.4) is 0 Å². The van der Waals surface area contributed by atoms with Gasteiger partial charge in [-0.2, -0.15) is 0 Å². The summed E-state index contributed by atoms with van der Waals surface area (Å²) in [6.07, 6.45) is 0. The summed E-state index contributed by atoms with van der Waals surface area (Å²) in [6.45, 7) is 10.6. The van der Waals surface area contributed by atoms with Gasteiger partial charge in [-0.3, -0.25) is 37.7 Å². The van der Waals surface area contributed by atoms with Crippen LogP contribution in [0.25, 0.3) is 0 Å². The van der Waals surface area contributed by atoms with Crippen LogP contribution in [-0.4, -0.2) is 20.7 Å². The maximum atomic E-state index is 3.91. The summed E-state index contributed by atoms with van der Waals surface area (Å²) >= 11 is 5.18. The van der Waals surface area contributed by atoms with E-state index in [4.69, 9.17) is 0 Å². The topological polar surface area (TPSA) is 0 Å². The van der Waals surface area contributed by atoms with E-state index in [1.807, 2.05) is 0 Å². The molecule has 0 rings (SSSR count). The Kier molecular flexibility index (Phi) is 12.3. The number of hydrogen-bond acceptors (Lipinski definition) is 0. The van der Waals surface area contributed by atoms with Gasteiger partial charge in [0.05, 0.1) is 0 Å². The van der Waals surface area contributed by atoms with E-state index in [1.165, 1.54) is 0 Å². The smallest absolute Gasteiger partial charge is 0.276 e. The first-order chi connectivity index (χ1) is 3.41. The minimum absolute atomic E-state index is 0.357. The van der Waals surface area contributed by atoms with Gasteiger partial charge in [0.2, 0.25) is 0 Å². The summed E-state index contributed by atoms with van der Waals surface area (Å²) in [5.41, 5.74) is 0. The van der Waals surface area contributed by atoms with Crippen LogP contribution in [0.2, 0.25) is 19.6 Å². The van der Waals surface area contributed by atoms with Gasteiger partial charge in [0.1, 0.15) is 0 Å². The molecule has 0 aliphatic heterocycles. The molecule has 47 valence electrons. The lowest BCUT2D eigenvalue weighted by Gasteiger charge is -2.01. The molecule has 1 radical (unpaired) electrons. The molecule has 0 aromatic heterocycles. The number of hydrogen-bond donors (Lipinski definition) is 0. The SMILES string of the molecule is [CH2][Si](C)(C)C.[I][Mg][I]. The third kappa shape index (κ3) is 78.4. The molecule has 0 saturated heterocycles. The monoisotopic (exact) mass is 365 g/mol. The van der Waals surface area contributed by atoms with E-state index in [-0.39, 0.29) is 0 Å². The lowest BCUT2D eigenvalue weighted by molar-refractivity contribution is 1.78. The summed E-state index contributed by atoms with van der Waals surface area (Å²) < 4.78 is 0. The van der Waals surface area contributed by atoms with E-state index in [1.54, 1.807) is 0 Å². The van der Waals surface area contributed by atoms with E-state index < -0.39 is 8.07 Å². The molecule has 0 nitrogen and oxygen atoms in total. The van der Waals surface area contributed by atoms with Gasteiger partial charge in [-0.1, -0.05) is 26.2 Å². The van der Waals surface area contributed by atoms with E-state index in [0.717, 1.165) is 0 Å². The second-order valence-electron chi connectivity index (χ2n) is 2.66. The summed E-state index contributed by atoms with van der Waals surface area (Å²) in [5, 5.41) is 0. The summed E-state index contributed by atoms with van der Waals surface area (Å²) in [6, 6.07) is 0. The van der Waals surface area contributed by atoms with Crippen LogP contribution < -0.4 is 0 Å². The quantitative estimate of drug-likeness (QED) is 0.457. The molecule has 0 aromatic carbocycles. The van der Waals surface area contributed by atoms with Crippen LogP contribution in [0.15, 0.2) is 0 Å². The maximum absolute atomic E-state index is 3.91. The van der Waals surface area contributed by atoms with Crippen molar-refractivity contribution in [2.24, 2.45) is 0 Å². The van der Waals surface area contributed by atoms with Crippen LogP contribution in [0, 0.1) is 6.55 Å². The first-order valence-corrected chi connectivity index (χ1v) is 16.3. The first-order valence-electron chi connectivity index (χ1n) is 2.39. The van der Waals surface area contributed by atoms with Gasteiger partial charge < -0.3 is 0 Å². The van der Waals surface area contributed by atoms with Crippen LogP contribution >= 0.6 is 37.7 Å². The van der Waals surface area contributed by atoms with Gasteiger partial charge in [0.25, 0.3) is 0 Å². The lowest BCUT2D eigenvalue weighted by Crippen LogP contribution is -2.12. The molecule has 8 heavy (non-hydrogen) atoms. The van der Waals surface area contributed by atoms with Crippen LogP contribution in [-0.2, 0) is 0 Å². The van der Waals surface area contributed by atoms with Gasteiger partial charge in [-0.15, -0.1) is 0 Å². The molecular formula is C4H11I2MgSi. The fourth-order valence-corrected chi connectivity index (χ4v) is 0. The molecule has 0 unspecified atom stereocenters. The van der Waals surface area contributed by atoms with Crippen molar-refractivity contribution >= 4 is 58.4 Å². The normalized spacial score (nSPS) is 8.75. The minimum atomic E-state index is -0.861. The molecule has 0 atom stereocenters. The summed E-state index contributed by atoms with van der Waals surface area (Å²) in [7, 11) is -0.861. The third-order valence-corrected chi connectivity index (χ3v) is 0. The fourth-order valence-electron chi connectivity index (χ4n) is 0. The molecule has 0 heterocycles. The van der Waals surface area contributed by atoms with Gasteiger partial charge in [-0.05, 0) is 0 Å². The number of halogens is 2. The Morgan fingerprint density at radius 3 is 1.25 bits per heavy atom. The number of rotatable bonds is 0. The molecule has 0 aromatic rings. The average Bonchev–Trinajstić information content (AvgIpc) is 1.27. The van der Waals surface area contributed by atoms with Gasteiger partial charge in [-0.25, -0.2) is 0 Å². The summed E-state index contributed by atoms with van der Waals surface area (Å²) in [4.78, 5) is 0. The Morgan fingerprint density at radius 1 is 1.25 bits per heavy atom. The van der Waals surface area contributed by atoms with Gasteiger partial charge in [0.15, 0.2) is 0 Å². The molecule has 0 bridgehead atoms. The predicted molar refractivity (Wildman–Crippen MR) is 62.5 cm³/mol. The maximum Gasteiger partial charge on any atom is 0.552 e. The van der Waals surface area contributed by atoms with Crippen molar-refractivity contribution in [3.8, 4) is 0 Å². The van der Waals surface area contributed by atoms with Crippen molar-refractivity contribution in [1.29, 1.82) is 0 Å². The Hall–Kier alpha value is 2.44. The van der Waals surface area contributed by atoms with Crippen molar-refractivity contribution < 1.29 is 0 Å². The zero-order valence-electron chi connectivity index (χ0n) is 5.67. The van der Waals surface area contributed by atoms with Crippen molar-refractivity contribution in [3.63, 3.8) is 0 Å². The second kappa shape index (κ2) is 7.55. The lowest BCUT2D eigenvalue weighted by atomic mass is 11.8. The van der Waals surface area contributed by atoms with Crippen molar-refractivity contribution in [1.82, 2.24) is 0 Å². The van der Waals surface area contributed by atoms with Crippen LogP contribution in [0.1, 0.15) is 0 Å². The summed E-state index contributed by atoms with van der Waals surface area (Å²) in [5.74, 6) is 0. The van der Waals surface area contributed by atoms with E-state index in [0.29, 0.717) is 12.6 Å². The molecular weight excluding hydrogens is 354 g/mol. The van der Waals surface area contributed by atoms with Crippen molar-refractivity contribution in [3.05, 3.63) is 6.55 Å². The highest BCUT2D eigenvalue weighted by Crippen LogP contribution is 1.92. The molecule has 0 N–H and O–H groups in total. The molecule has 0 amide bonds. The molecule has 0 aliphatic carbocycles. The van der Waals surface area contributed by atoms with Crippen LogP contribution in [0.5, 0.6) is 0 Å². The highest BCUT2D eigenvalue weighted by Gasteiger charge is 1.99. The first kappa shape index (κ1) is 13.1. The van der Waals surface area contributed by atoms with E-state index >= 15 is 0 Å². The molecule has 4 heteroatoms. The Balaban J connectivity index is 0. The van der Waals surface area contributed by atoms with Crippen molar-refractivity contribution in [2.75, 3.05) is 0 Å². The fraction of sp³-hybridized carbons (Fsp3) is 0.750. The molecule has 0 aliphatic rings.